The first-order valence-electron chi connectivity index (χ1n) is 6.29. The Balaban J connectivity index is 1.99. The number of imidazole rings is 1. The lowest BCUT2D eigenvalue weighted by Gasteiger charge is -2.21. The van der Waals surface area contributed by atoms with E-state index in [4.69, 9.17) is 0 Å². The molecule has 1 N–H and O–H groups in total. The molecule has 0 saturated heterocycles. The van der Waals surface area contributed by atoms with Crippen LogP contribution in [-0.4, -0.2) is 9.97 Å². The fraction of sp³-hybridized carbons (Fsp3) is 0.769. The fourth-order valence-electron chi connectivity index (χ4n) is 2.67. The van der Waals surface area contributed by atoms with Crippen LogP contribution in [0.4, 0.5) is 0 Å². The van der Waals surface area contributed by atoms with Crippen LogP contribution in [0.3, 0.4) is 0 Å². The van der Waals surface area contributed by atoms with Crippen LogP contribution >= 0.6 is 0 Å². The molecule has 0 spiro atoms. The number of nitrogens with one attached hydrogen (secondary N) is 1. The standard InChI is InChI=1S/C13H22N2/c1-10(2)13-12(14-9-15-13)8-11-6-4-3-5-7-11/h9-11H,3-8H2,1-2H3,(H,14,15). The van der Waals surface area contributed by atoms with Crippen molar-refractivity contribution < 1.29 is 0 Å². The molecule has 1 aromatic rings. The highest BCUT2D eigenvalue weighted by Crippen LogP contribution is 2.28. The normalized spacial score (nSPS) is 18.6. The van der Waals surface area contributed by atoms with E-state index < -0.39 is 0 Å². The molecule has 1 fully saturated rings. The second kappa shape index (κ2) is 4.82. The molecule has 0 amide bonds. The molecule has 0 atom stereocenters. The number of H-pyrrole nitrogens is 1. The lowest BCUT2D eigenvalue weighted by Crippen LogP contribution is -2.11. The van der Waals surface area contributed by atoms with E-state index in [2.05, 4.69) is 23.8 Å². The number of aromatic amines is 1. The van der Waals surface area contributed by atoms with Gasteiger partial charge in [-0.2, -0.15) is 0 Å². The molecule has 1 heterocycles. The Morgan fingerprint density at radius 1 is 1.33 bits per heavy atom. The molecule has 0 unspecified atom stereocenters. The van der Waals surface area contributed by atoms with E-state index in [0.717, 1.165) is 5.92 Å². The average Bonchev–Trinajstić information content (AvgIpc) is 2.67. The van der Waals surface area contributed by atoms with Gasteiger partial charge in [0, 0.05) is 5.69 Å². The largest absolute Gasteiger partial charge is 0.348 e. The number of aromatic nitrogens is 2. The molecule has 2 rings (SSSR count). The second-order valence-corrected chi connectivity index (χ2v) is 5.13. The van der Waals surface area contributed by atoms with Crippen LogP contribution < -0.4 is 0 Å². The summed E-state index contributed by atoms with van der Waals surface area (Å²) >= 11 is 0. The minimum absolute atomic E-state index is 0.551. The van der Waals surface area contributed by atoms with Gasteiger partial charge in [-0.3, -0.25) is 0 Å². The molecule has 84 valence electrons. The van der Waals surface area contributed by atoms with E-state index in [0.29, 0.717) is 5.92 Å². The highest BCUT2D eigenvalue weighted by molar-refractivity contribution is 5.15. The zero-order chi connectivity index (χ0) is 10.7. The van der Waals surface area contributed by atoms with E-state index in [1.165, 1.54) is 49.9 Å². The molecule has 1 aromatic heterocycles. The van der Waals surface area contributed by atoms with E-state index in [9.17, 15) is 0 Å². The summed E-state index contributed by atoms with van der Waals surface area (Å²) in [5.41, 5.74) is 2.66. The van der Waals surface area contributed by atoms with Crippen molar-refractivity contribution in [2.24, 2.45) is 5.92 Å². The van der Waals surface area contributed by atoms with Crippen molar-refractivity contribution in [1.82, 2.24) is 9.97 Å². The van der Waals surface area contributed by atoms with Gasteiger partial charge in [0.1, 0.15) is 0 Å². The summed E-state index contributed by atoms with van der Waals surface area (Å²) in [6.45, 7) is 4.45. The molecule has 1 saturated carbocycles. The van der Waals surface area contributed by atoms with Gasteiger partial charge in [-0.15, -0.1) is 0 Å². The number of rotatable bonds is 3. The zero-order valence-corrected chi connectivity index (χ0v) is 9.92. The van der Waals surface area contributed by atoms with Gasteiger partial charge in [0.25, 0.3) is 0 Å². The van der Waals surface area contributed by atoms with E-state index in [1.54, 1.807) is 0 Å². The molecule has 2 nitrogen and oxygen atoms in total. The summed E-state index contributed by atoms with van der Waals surface area (Å²) in [7, 11) is 0. The Morgan fingerprint density at radius 2 is 2.07 bits per heavy atom. The van der Waals surface area contributed by atoms with Crippen LogP contribution in [0, 0.1) is 5.92 Å². The quantitative estimate of drug-likeness (QED) is 0.803. The summed E-state index contributed by atoms with van der Waals surface area (Å²) in [6, 6.07) is 0. The van der Waals surface area contributed by atoms with Crippen molar-refractivity contribution in [2.75, 3.05) is 0 Å². The van der Waals surface area contributed by atoms with Crippen molar-refractivity contribution in [3.05, 3.63) is 17.7 Å². The van der Waals surface area contributed by atoms with Gasteiger partial charge in [0.2, 0.25) is 0 Å². The highest BCUT2D eigenvalue weighted by atomic mass is 14.9. The third-order valence-corrected chi connectivity index (χ3v) is 3.52. The maximum absolute atomic E-state index is 4.43. The van der Waals surface area contributed by atoms with Crippen LogP contribution in [0.5, 0.6) is 0 Å². The Hall–Kier alpha value is -0.790. The topological polar surface area (TPSA) is 28.7 Å². The van der Waals surface area contributed by atoms with Crippen molar-refractivity contribution in [3.8, 4) is 0 Å². The third-order valence-electron chi connectivity index (χ3n) is 3.52. The van der Waals surface area contributed by atoms with Gasteiger partial charge in [-0.25, -0.2) is 4.98 Å². The molecule has 15 heavy (non-hydrogen) atoms. The Kier molecular flexibility index (Phi) is 3.45. The lowest BCUT2D eigenvalue weighted by atomic mass is 9.85. The lowest BCUT2D eigenvalue weighted by molar-refractivity contribution is 0.353. The van der Waals surface area contributed by atoms with Crippen LogP contribution in [-0.2, 0) is 6.42 Å². The summed E-state index contributed by atoms with van der Waals surface area (Å²) < 4.78 is 0. The minimum Gasteiger partial charge on any atom is -0.348 e. The number of hydrogen-bond donors (Lipinski definition) is 1. The van der Waals surface area contributed by atoms with E-state index in [1.807, 2.05) is 6.33 Å². The molecule has 1 aliphatic rings. The van der Waals surface area contributed by atoms with Gasteiger partial charge < -0.3 is 4.98 Å². The first-order chi connectivity index (χ1) is 7.27. The predicted molar refractivity (Wildman–Crippen MR) is 63.0 cm³/mol. The van der Waals surface area contributed by atoms with E-state index >= 15 is 0 Å². The van der Waals surface area contributed by atoms with E-state index in [-0.39, 0.29) is 0 Å². The molecule has 1 aliphatic carbocycles. The predicted octanol–water partition coefficient (Wildman–Crippen LogP) is 3.66. The molecule has 0 aliphatic heterocycles. The number of nitrogens with zero attached hydrogens (tertiary/aromatic N) is 1. The summed E-state index contributed by atoms with van der Waals surface area (Å²) in [5, 5.41) is 0. The molecule has 0 aromatic carbocycles. The van der Waals surface area contributed by atoms with Crippen molar-refractivity contribution in [1.29, 1.82) is 0 Å². The Morgan fingerprint density at radius 3 is 2.73 bits per heavy atom. The maximum atomic E-state index is 4.43. The highest BCUT2D eigenvalue weighted by Gasteiger charge is 2.17. The van der Waals surface area contributed by atoms with Crippen molar-refractivity contribution in [3.63, 3.8) is 0 Å². The molecular formula is C13H22N2. The third kappa shape index (κ3) is 2.61. The van der Waals surface area contributed by atoms with Crippen LogP contribution in [0.1, 0.15) is 63.3 Å². The Labute approximate surface area is 92.5 Å². The van der Waals surface area contributed by atoms with Gasteiger partial charge in [-0.1, -0.05) is 46.0 Å². The molecule has 2 heteroatoms. The fourth-order valence-corrected chi connectivity index (χ4v) is 2.67. The second-order valence-electron chi connectivity index (χ2n) is 5.13. The van der Waals surface area contributed by atoms with Gasteiger partial charge in [0.05, 0.1) is 12.0 Å². The zero-order valence-electron chi connectivity index (χ0n) is 9.92. The van der Waals surface area contributed by atoms with Crippen LogP contribution in [0.15, 0.2) is 6.33 Å². The van der Waals surface area contributed by atoms with Gasteiger partial charge in [0.15, 0.2) is 0 Å². The summed E-state index contributed by atoms with van der Waals surface area (Å²) in [6.07, 6.45) is 10.2. The van der Waals surface area contributed by atoms with Crippen LogP contribution in [0.2, 0.25) is 0 Å². The molecular weight excluding hydrogens is 184 g/mol. The van der Waals surface area contributed by atoms with Crippen LogP contribution in [0.25, 0.3) is 0 Å². The van der Waals surface area contributed by atoms with Crippen molar-refractivity contribution in [2.45, 2.75) is 58.3 Å². The van der Waals surface area contributed by atoms with Gasteiger partial charge in [-0.05, 0) is 18.3 Å². The SMILES string of the molecule is CC(C)c1nc[nH]c1CC1CCCCC1. The summed E-state index contributed by atoms with van der Waals surface area (Å²) in [5.74, 6) is 1.45. The molecule has 0 radical (unpaired) electrons. The molecule has 0 bridgehead atoms. The first-order valence-corrected chi connectivity index (χ1v) is 6.29. The first kappa shape index (κ1) is 10.7. The maximum Gasteiger partial charge on any atom is 0.0925 e. The van der Waals surface area contributed by atoms with Crippen molar-refractivity contribution >= 4 is 0 Å². The smallest absolute Gasteiger partial charge is 0.0925 e. The van der Waals surface area contributed by atoms with Gasteiger partial charge >= 0.3 is 0 Å². The monoisotopic (exact) mass is 206 g/mol. The average molecular weight is 206 g/mol. The number of hydrogen-bond acceptors (Lipinski definition) is 1. The Bertz CT molecular complexity index is 295. The minimum atomic E-state index is 0.551. The summed E-state index contributed by atoms with van der Waals surface area (Å²) in [4.78, 5) is 7.75.